The highest BCUT2D eigenvalue weighted by molar-refractivity contribution is 6.27. The molecule has 2 atom stereocenters. The minimum atomic E-state index is 0.0102. The monoisotopic (exact) mass is 290 g/mol. The third-order valence-corrected chi connectivity index (χ3v) is 4.32. The zero-order valence-corrected chi connectivity index (χ0v) is 11.8. The van der Waals surface area contributed by atoms with E-state index in [0.29, 0.717) is 30.7 Å². The van der Waals surface area contributed by atoms with Crippen molar-refractivity contribution in [3.8, 4) is 6.07 Å². The maximum absolute atomic E-state index is 11.7. The molecular formula is C14H15ClN4O. The number of rotatable bonds is 2. The summed E-state index contributed by atoms with van der Waals surface area (Å²) in [5, 5.41) is 8.82. The van der Waals surface area contributed by atoms with Gasteiger partial charge in [-0.05, 0) is 25.0 Å². The number of fused-ring (bicyclic) bond motifs is 2. The van der Waals surface area contributed by atoms with Crippen LogP contribution in [-0.4, -0.2) is 46.8 Å². The number of carbonyl (C=O) groups excluding carboxylic acids is 1. The number of hydrogen-bond acceptors (Lipinski definition) is 4. The van der Waals surface area contributed by atoms with Crippen LogP contribution in [0, 0.1) is 11.3 Å². The third-order valence-electron chi connectivity index (χ3n) is 4.09. The standard InChI is InChI=1S/C14H15ClN4O/c15-5-14(20)18-8-11-2-3-12(9-18)19(11)13-4-1-10(6-16)7-17-13/h1,4,7,11-12H,2-3,5,8-9H2/t11-,12?/m0/s1. The van der Waals surface area contributed by atoms with Gasteiger partial charge in [-0.1, -0.05) is 0 Å². The lowest BCUT2D eigenvalue weighted by Gasteiger charge is -2.41. The topological polar surface area (TPSA) is 60.2 Å². The van der Waals surface area contributed by atoms with E-state index in [2.05, 4.69) is 16.0 Å². The Morgan fingerprint density at radius 1 is 1.40 bits per heavy atom. The Kier molecular flexibility index (Phi) is 3.49. The van der Waals surface area contributed by atoms with Crippen molar-refractivity contribution in [2.24, 2.45) is 0 Å². The molecule has 1 amide bonds. The summed E-state index contributed by atoms with van der Waals surface area (Å²) in [4.78, 5) is 20.3. The molecule has 3 rings (SSSR count). The minimum Gasteiger partial charge on any atom is -0.347 e. The van der Waals surface area contributed by atoms with E-state index < -0.39 is 0 Å². The lowest BCUT2D eigenvalue weighted by molar-refractivity contribution is -0.129. The van der Waals surface area contributed by atoms with Crippen molar-refractivity contribution in [1.82, 2.24) is 9.88 Å². The van der Waals surface area contributed by atoms with Crippen LogP contribution in [0.15, 0.2) is 18.3 Å². The number of nitrogens with zero attached hydrogens (tertiary/aromatic N) is 4. The molecule has 2 fully saturated rings. The molecule has 3 heterocycles. The van der Waals surface area contributed by atoms with Gasteiger partial charge < -0.3 is 9.80 Å². The van der Waals surface area contributed by atoms with Crippen LogP contribution in [0.3, 0.4) is 0 Å². The quantitative estimate of drug-likeness (QED) is 0.772. The van der Waals surface area contributed by atoms with Gasteiger partial charge in [0.1, 0.15) is 17.8 Å². The van der Waals surface area contributed by atoms with Gasteiger partial charge in [0.15, 0.2) is 0 Å². The summed E-state index contributed by atoms with van der Waals surface area (Å²) in [5.74, 6) is 0.958. The van der Waals surface area contributed by atoms with Crippen LogP contribution in [0.5, 0.6) is 0 Å². The maximum Gasteiger partial charge on any atom is 0.237 e. The van der Waals surface area contributed by atoms with Crippen LogP contribution in [0.2, 0.25) is 0 Å². The van der Waals surface area contributed by atoms with Crippen molar-refractivity contribution < 1.29 is 4.79 Å². The number of amides is 1. The Balaban J connectivity index is 1.80. The first-order chi connectivity index (χ1) is 9.72. The van der Waals surface area contributed by atoms with Gasteiger partial charge in [0.2, 0.25) is 5.91 Å². The Morgan fingerprint density at radius 3 is 2.60 bits per heavy atom. The second-order valence-electron chi connectivity index (χ2n) is 5.24. The number of carbonyl (C=O) groups is 1. The third kappa shape index (κ3) is 2.20. The predicted molar refractivity (Wildman–Crippen MR) is 75.5 cm³/mol. The zero-order chi connectivity index (χ0) is 14.1. The number of anilines is 1. The van der Waals surface area contributed by atoms with E-state index in [-0.39, 0.29) is 11.8 Å². The molecule has 2 bridgehead atoms. The fourth-order valence-electron chi connectivity index (χ4n) is 3.17. The van der Waals surface area contributed by atoms with Crippen molar-refractivity contribution in [2.45, 2.75) is 24.9 Å². The van der Waals surface area contributed by atoms with Gasteiger partial charge in [-0.2, -0.15) is 5.26 Å². The molecule has 104 valence electrons. The molecule has 6 heteroatoms. The molecule has 20 heavy (non-hydrogen) atoms. The van der Waals surface area contributed by atoms with E-state index in [4.69, 9.17) is 16.9 Å². The van der Waals surface area contributed by atoms with Crippen molar-refractivity contribution in [1.29, 1.82) is 5.26 Å². The first kappa shape index (κ1) is 13.2. The van der Waals surface area contributed by atoms with Gasteiger partial charge in [-0.25, -0.2) is 4.98 Å². The van der Waals surface area contributed by atoms with Gasteiger partial charge in [0.05, 0.1) is 5.56 Å². The lowest BCUT2D eigenvalue weighted by Crippen LogP contribution is -2.56. The van der Waals surface area contributed by atoms with Crippen molar-refractivity contribution >= 4 is 23.3 Å². The first-order valence-electron chi connectivity index (χ1n) is 6.71. The van der Waals surface area contributed by atoms with E-state index in [1.165, 1.54) is 0 Å². The molecular weight excluding hydrogens is 276 g/mol. The number of halogens is 1. The summed E-state index contributed by atoms with van der Waals surface area (Å²) >= 11 is 5.64. The number of likely N-dealkylation sites (tertiary alicyclic amines) is 1. The fourth-order valence-corrected chi connectivity index (χ4v) is 3.34. The van der Waals surface area contributed by atoms with Gasteiger partial charge in [-0.3, -0.25) is 4.79 Å². The highest BCUT2D eigenvalue weighted by Crippen LogP contribution is 2.33. The van der Waals surface area contributed by atoms with Crippen LogP contribution >= 0.6 is 11.6 Å². The smallest absolute Gasteiger partial charge is 0.237 e. The van der Waals surface area contributed by atoms with Crippen molar-refractivity contribution in [2.75, 3.05) is 23.9 Å². The largest absolute Gasteiger partial charge is 0.347 e. The van der Waals surface area contributed by atoms with Crippen molar-refractivity contribution in [3.63, 3.8) is 0 Å². The Morgan fingerprint density at radius 2 is 2.10 bits per heavy atom. The average molecular weight is 291 g/mol. The van der Waals surface area contributed by atoms with Crippen LogP contribution in [0.1, 0.15) is 18.4 Å². The summed E-state index contributed by atoms with van der Waals surface area (Å²) in [6, 6.07) is 6.37. The van der Waals surface area contributed by atoms with Crippen LogP contribution in [-0.2, 0) is 4.79 Å². The van der Waals surface area contributed by atoms with Gasteiger partial charge in [0, 0.05) is 31.4 Å². The normalized spacial score (nSPS) is 24.6. The van der Waals surface area contributed by atoms with Crippen LogP contribution < -0.4 is 4.90 Å². The minimum absolute atomic E-state index is 0.0102. The van der Waals surface area contributed by atoms with Crippen molar-refractivity contribution in [3.05, 3.63) is 23.9 Å². The van der Waals surface area contributed by atoms with E-state index in [9.17, 15) is 4.79 Å². The summed E-state index contributed by atoms with van der Waals surface area (Å²) in [5.41, 5.74) is 0.567. The molecule has 0 saturated carbocycles. The second-order valence-corrected chi connectivity index (χ2v) is 5.51. The lowest BCUT2D eigenvalue weighted by atomic mass is 10.1. The molecule has 2 saturated heterocycles. The highest BCUT2D eigenvalue weighted by atomic mass is 35.5. The van der Waals surface area contributed by atoms with Crippen LogP contribution in [0.25, 0.3) is 0 Å². The Bertz CT molecular complexity index is 539. The molecule has 5 nitrogen and oxygen atoms in total. The van der Waals surface area contributed by atoms with E-state index in [0.717, 1.165) is 18.7 Å². The van der Waals surface area contributed by atoms with E-state index in [1.54, 1.807) is 12.3 Å². The second kappa shape index (κ2) is 5.29. The number of aromatic nitrogens is 1. The molecule has 1 aromatic heterocycles. The van der Waals surface area contributed by atoms with Gasteiger partial charge in [-0.15, -0.1) is 11.6 Å². The molecule has 2 aliphatic heterocycles. The SMILES string of the molecule is N#Cc1ccc(N2C3CC[C@H]2CN(C(=O)CCl)C3)nc1. The predicted octanol–water partition coefficient (Wildman–Crippen LogP) is 1.37. The van der Waals surface area contributed by atoms with Gasteiger partial charge >= 0.3 is 0 Å². The molecule has 0 aromatic carbocycles. The zero-order valence-electron chi connectivity index (χ0n) is 11.0. The first-order valence-corrected chi connectivity index (χ1v) is 7.24. The number of hydrogen-bond donors (Lipinski definition) is 0. The number of pyridine rings is 1. The number of alkyl halides is 1. The van der Waals surface area contributed by atoms with E-state index in [1.807, 2.05) is 11.0 Å². The molecule has 1 unspecified atom stereocenters. The Hall–Kier alpha value is -1.80. The summed E-state index contributed by atoms with van der Waals surface area (Å²) in [6.07, 6.45) is 3.74. The molecule has 2 aliphatic rings. The molecule has 0 N–H and O–H groups in total. The highest BCUT2D eigenvalue weighted by Gasteiger charge is 2.41. The van der Waals surface area contributed by atoms with E-state index >= 15 is 0 Å². The summed E-state index contributed by atoms with van der Waals surface area (Å²) < 4.78 is 0. The van der Waals surface area contributed by atoms with Gasteiger partial charge in [0.25, 0.3) is 0 Å². The molecule has 1 aromatic rings. The fraction of sp³-hybridized carbons (Fsp3) is 0.500. The summed E-state index contributed by atoms with van der Waals surface area (Å²) in [6.45, 7) is 1.42. The van der Waals surface area contributed by atoms with Crippen LogP contribution in [0.4, 0.5) is 5.82 Å². The average Bonchev–Trinajstić information content (AvgIpc) is 2.76. The molecule has 0 spiro atoms. The maximum atomic E-state index is 11.7. The molecule has 0 aliphatic carbocycles. The molecule has 0 radical (unpaired) electrons. The number of nitriles is 1. The Labute approximate surface area is 122 Å². The summed E-state index contributed by atoms with van der Waals surface area (Å²) in [7, 11) is 0. The number of piperazine rings is 1.